The van der Waals surface area contributed by atoms with Crippen molar-refractivity contribution in [2.24, 2.45) is 0 Å². The molecular formula is C14H11ClN2O. The van der Waals surface area contributed by atoms with Crippen LogP contribution in [-0.4, -0.2) is 4.98 Å². The third kappa shape index (κ3) is 1.73. The molecule has 0 amide bonds. The first-order valence-electron chi connectivity index (χ1n) is 5.57. The van der Waals surface area contributed by atoms with Crippen molar-refractivity contribution in [3.05, 3.63) is 47.0 Å². The summed E-state index contributed by atoms with van der Waals surface area (Å²) < 4.78 is 5.70. The lowest BCUT2D eigenvalue weighted by molar-refractivity contribution is 0.620. The molecule has 0 aliphatic heterocycles. The summed E-state index contributed by atoms with van der Waals surface area (Å²) in [6, 6.07) is 11.2. The first kappa shape index (κ1) is 11.1. The molecule has 3 nitrogen and oxygen atoms in total. The predicted molar refractivity (Wildman–Crippen MR) is 73.6 cm³/mol. The molecule has 4 heteroatoms. The number of benzene rings is 2. The molecule has 2 N–H and O–H groups in total. The summed E-state index contributed by atoms with van der Waals surface area (Å²) in [6.45, 7) is 2.01. The number of oxazole rings is 1. The lowest BCUT2D eigenvalue weighted by Crippen LogP contribution is -1.90. The van der Waals surface area contributed by atoms with Crippen LogP contribution in [0, 0.1) is 6.92 Å². The summed E-state index contributed by atoms with van der Waals surface area (Å²) >= 11 is 6.14. The van der Waals surface area contributed by atoms with E-state index in [9.17, 15) is 0 Å². The average Bonchev–Trinajstić information content (AvgIpc) is 2.71. The van der Waals surface area contributed by atoms with Crippen molar-refractivity contribution >= 4 is 28.4 Å². The number of hydrogen-bond acceptors (Lipinski definition) is 3. The first-order valence-corrected chi connectivity index (χ1v) is 5.94. The monoisotopic (exact) mass is 258 g/mol. The Kier molecular flexibility index (Phi) is 2.49. The van der Waals surface area contributed by atoms with Gasteiger partial charge in [0.1, 0.15) is 5.52 Å². The fraction of sp³-hybridized carbons (Fsp3) is 0.0714. The van der Waals surface area contributed by atoms with Crippen LogP contribution in [0.4, 0.5) is 5.69 Å². The molecule has 2 aromatic carbocycles. The van der Waals surface area contributed by atoms with Gasteiger partial charge < -0.3 is 10.2 Å². The summed E-state index contributed by atoms with van der Waals surface area (Å²) in [5, 5.41) is 0.540. The smallest absolute Gasteiger partial charge is 0.230 e. The molecule has 0 saturated heterocycles. The summed E-state index contributed by atoms with van der Waals surface area (Å²) in [4.78, 5) is 4.43. The van der Waals surface area contributed by atoms with E-state index in [2.05, 4.69) is 4.98 Å². The number of nitrogens with two attached hydrogens (primary N) is 1. The minimum atomic E-state index is 0.457. The Morgan fingerprint density at radius 3 is 2.83 bits per heavy atom. The van der Waals surface area contributed by atoms with Crippen LogP contribution in [-0.2, 0) is 0 Å². The van der Waals surface area contributed by atoms with E-state index in [1.165, 1.54) is 0 Å². The first-order chi connectivity index (χ1) is 8.65. The van der Waals surface area contributed by atoms with Gasteiger partial charge in [0.25, 0.3) is 0 Å². The third-order valence-electron chi connectivity index (χ3n) is 2.80. The number of nitrogen functional groups attached to an aromatic ring is 1. The highest BCUT2D eigenvalue weighted by Gasteiger charge is 2.14. The molecule has 0 bridgehead atoms. The van der Waals surface area contributed by atoms with Crippen molar-refractivity contribution in [2.45, 2.75) is 6.92 Å². The molecule has 3 rings (SSSR count). The molecule has 0 atom stereocenters. The summed E-state index contributed by atoms with van der Waals surface area (Å²) in [6.07, 6.45) is 0. The molecule has 0 saturated carbocycles. The maximum absolute atomic E-state index is 6.14. The lowest BCUT2D eigenvalue weighted by atomic mass is 10.2. The van der Waals surface area contributed by atoms with E-state index in [0.717, 1.165) is 16.7 Å². The van der Waals surface area contributed by atoms with Crippen molar-refractivity contribution in [1.82, 2.24) is 4.98 Å². The van der Waals surface area contributed by atoms with Crippen LogP contribution in [0.25, 0.3) is 22.6 Å². The lowest BCUT2D eigenvalue weighted by Gasteiger charge is -2.02. The highest BCUT2D eigenvalue weighted by molar-refractivity contribution is 6.33. The Bertz CT molecular complexity index is 713. The normalized spacial score (nSPS) is 11.0. The second kappa shape index (κ2) is 4.03. The molecule has 1 heterocycles. The molecule has 90 valence electrons. The number of anilines is 1. The maximum atomic E-state index is 6.14. The van der Waals surface area contributed by atoms with Crippen molar-refractivity contribution in [3.63, 3.8) is 0 Å². The number of halogens is 1. The number of aryl methyl sites for hydroxylation is 1. The van der Waals surface area contributed by atoms with Crippen LogP contribution in [0.15, 0.2) is 40.8 Å². The molecule has 3 aromatic rings. The van der Waals surface area contributed by atoms with Gasteiger partial charge in [0.2, 0.25) is 5.89 Å². The molecule has 18 heavy (non-hydrogen) atoms. The van der Waals surface area contributed by atoms with Gasteiger partial charge in [0.05, 0.1) is 10.6 Å². The molecule has 0 fully saturated rings. The van der Waals surface area contributed by atoms with E-state index in [1.807, 2.05) is 25.1 Å². The number of rotatable bonds is 1. The van der Waals surface area contributed by atoms with Gasteiger partial charge in [-0.1, -0.05) is 23.7 Å². The van der Waals surface area contributed by atoms with Crippen LogP contribution in [0.3, 0.4) is 0 Å². The van der Waals surface area contributed by atoms with Gasteiger partial charge in [0, 0.05) is 5.69 Å². The largest absolute Gasteiger partial charge is 0.436 e. The van der Waals surface area contributed by atoms with Crippen LogP contribution < -0.4 is 5.73 Å². The number of nitrogens with zero attached hydrogens (tertiary/aromatic N) is 1. The van der Waals surface area contributed by atoms with E-state index < -0.39 is 0 Å². The van der Waals surface area contributed by atoms with Crippen molar-refractivity contribution < 1.29 is 4.42 Å². The number of hydrogen-bond donors (Lipinski definition) is 1. The van der Waals surface area contributed by atoms with Gasteiger partial charge in [-0.2, -0.15) is 0 Å². The Balaban J connectivity index is 2.26. The fourth-order valence-corrected chi connectivity index (χ4v) is 2.17. The van der Waals surface area contributed by atoms with Crippen LogP contribution in [0.5, 0.6) is 0 Å². The summed E-state index contributed by atoms with van der Waals surface area (Å²) in [5.41, 5.74) is 9.80. The Hall–Kier alpha value is -2.00. The van der Waals surface area contributed by atoms with E-state index >= 15 is 0 Å². The third-order valence-corrected chi connectivity index (χ3v) is 3.12. The SMILES string of the molecule is Cc1ccc2oc(-c3c(N)cccc3Cl)nc2c1. The van der Waals surface area contributed by atoms with E-state index in [-0.39, 0.29) is 0 Å². The summed E-state index contributed by atoms with van der Waals surface area (Å²) in [5.74, 6) is 0.457. The van der Waals surface area contributed by atoms with Crippen LogP contribution >= 0.6 is 11.6 Å². The fourth-order valence-electron chi connectivity index (χ4n) is 1.91. The highest BCUT2D eigenvalue weighted by Crippen LogP contribution is 2.34. The van der Waals surface area contributed by atoms with Crippen LogP contribution in [0.1, 0.15) is 5.56 Å². The number of aromatic nitrogens is 1. The van der Waals surface area contributed by atoms with E-state index in [1.54, 1.807) is 18.2 Å². The molecule has 0 aliphatic carbocycles. The van der Waals surface area contributed by atoms with Gasteiger partial charge in [-0.3, -0.25) is 0 Å². The van der Waals surface area contributed by atoms with Gasteiger partial charge in [0.15, 0.2) is 5.58 Å². The van der Waals surface area contributed by atoms with Crippen LogP contribution in [0.2, 0.25) is 5.02 Å². The zero-order valence-corrected chi connectivity index (χ0v) is 10.5. The Morgan fingerprint density at radius 1 is 1.22 bits per heavy atom. The zero-order chi connectivity index (χ0) is 12.7. The minimum Gasteiger partial charge on any atom is -0.436 e. The minimum absolute atomic E-state index is 0.457. The molecule has 0 unspecified atom stereocenters. The highest BCUT2D eigenvalue weighted by atomic mass is 35.5. The quantitative estimate of drug-likeness (QED) is 0.670. The number of fused-ring (bicyclic) bond motifs is 1. The van der Waals surface area contributed by atoms with Crippen molar-refractivity contribution in [3.8, 4) is 11.5 Å². The topological polar surface area (TPSA) is 52.0 Å². The van der Waals surface area contributed by atoms with Crippen molar-refractivity contribution in [1.29, 1.82) is 0 Å². The maximum Gasteiger partial charge on any atom is 0.230 e. The van der Waals surface area contributed by atoms with Crippen molar-refractivity contribution in [2.75, 3.05) is 5.73 Å². The van der Waals surface area contributed by atoms with E-state index in [0.29, 0.717) is 22.2 Å². The second-order valence-corrected chi connectivity index (χ2v) is 4.60. The molecule has 1 aromatic heterocycles. The Morgan fingerprint density at radius 2 is 2.06 bits per heavy atom. The van der Waals surface area contributed by atoms with E-state index in [4.69, 9.17) is 21.8 Å². The molecule has 0 spiro atoms. The average molecular weight is 259 g/mol. The predicted octanol–water partition coefficient (Wildman–Crippen LogP) is 4.04. The van der Waals surface area contributed by atoms with Gasteiger partial charge in [-0.15, -0.1) is 0 Å². The molecular weight excluding hydrogens is 248 g/mol. The Labute approximate surface area is 109 Å². The molecule has 0 radical (unpaired) electrons. The zero-order valence-electron chi connectivity index (χ0n) is 9.77. The second-order valence-electron chi connectivity index (χ2n) is 4.19. The standard InChI is InChI=1S/C14H11ClN2O/c1-8-5-6-12-11(7-8)17-14(18-12)13-9(15)3-2-4-10(13)16/h2-7H,16H2,1H3. The summed E-state index contributed by atoms with van der Waals surface area (Å²) in [7, 11) is 0. The van der Waals surface area contributed by atoms with Gasteiger partial charge >= 0.3 is 0 Å². The van der Waals surface area contributed by atoms with Gasteiger partial charge in [-0.05, 0) is 36.8 Å². The molecule has 0 aliphatic rings. The van der Waals surface area contributed by atoms with Gasteiger partial charge in [-0.25, -0.2) is 4.98 Å².